The molecule has 0 aliphatic carbocycles. The van der Waals surface area contributed by atoms with Crippen LogP contribution in [-0.4, -0.2) is 0 Å². The molecular weight excluding hydrogens is 184 g/mol. The fourth-order valence-electron chi connectivity index (χ4n) is 0.941. The van der Waals surface area contributed by atoms with E-state index in [2.05, 4.69) is 6.58 Å². The third-order valence-corrected chi connectivity index (χ3v) is 2.00. The molecule has 0 saturated carbocycles. The van der Waals surface area contributed by atoms with Gasteiger partial charge in [0.15, 0.2) is 0 Å². The van der Waals surface area contributed by atoms with E-state index in [1.165, 1.54) is 0 Å². The van der Waals surface area contributed by atoms with Gasteiger partial charge in [-0.25, -0.2) is 0 Å². The lowest BCUT2D eigenvalue weighted by molar-refractivity contribution is 0.878. The minimum Gasteiger partial charge on any atom is -0.320 e. The van der Waals surface area contributed by atoms with Crippen molar-refractivity contribution in [2.75, 3.05) is 0 Å². The van der Waals surface area contributed by atoms with Crippen LogP contribution < -0.4 is 5.73 Å². The van der Waals surface area contributed by atoms with E-state index in [1.54, 1.807) is 24.3 Å². The average molecular weight is 193 g/mol. The number of nitrogens with two attached hydrogens (primary N) is 1. The van der Waals surface area contributed by atoms with E-state index in [1.807, 2.05) is 6.07 Å². The molecular formula is C10H9ClN2. The summed E-state index contributed by atoms with van der Waals surface area (Å²) in [7, 11) is 0. The summed E-state index contributed by atoms with van der Waals surface area (Å²) in [6, 6.07) is 8.55. The molecule has 0 bridgehead atoms. The maximum Gasteiger partial charge on any atom is 0.0961 e. The normalized spacial score (nSPS) is 11.8. The highest BCUT2D eigenvalue weighted by atomic mass is 35.5. The third-order valence-electron chi connectivity index (χ3n) is 1.75. The molecule has 0 spiro atoms. The molecule has 0 aromatic heterocycles. The van der Waals surface area contributed by atoms with Gasteiger partial charge in [0.05, 0.1) is 12.1 Å². The van der Waals surface area contributed by atoms with Crippen molar-refractivity contribution in [3.8, 4) is 6.07 Å². The fourth-order valence-corrected chi connectivity index (χ4v) is 1.07. The molecule has 2 nitrogen and oxygen atoms in total. The van der Waals surface area contributed by atoms with Gasteiger partial charge in [-0.1, -0.05) is 30.3 Å². The molecule has 1 aromatic rings. The SMILES string of the molecule is C=C(C#N)C(N)c1ccc(Cl)cc1. The van der Waals surface area contributed by atoms with Gasteiger partial charge in [-0.05, 0) is 17.7 Å². The lowest BCUT2D eigenvalue weighted by atomic mass is 10.0. The second kappa shape index (κ2) is 4.08. The Balaban J connectivity index is 2.91. The summed E-state index contributed by atoms with van der Waals surface area (Å²) in [5, 5.41) is 9.22. The van der Waals surface area contributed by atoms with Gasteiger partial charge < -0.3 is 5.73 Å². The molecule has 0 radical (unpaired) electrons. The van der Waals surface area contributed by atoms with Crippen LogP contribution in [0, 0.1) is 11.3 Å². The summed E-state index contributed by atoms with van der Waals surface area (Å²) in [6.45, 7) is 3.55. The van der Waals surface area contributed by atoms with Gasteiger partial charge in [0, 0.05) is 10.6 Å². The zero-order chi connectivity index (χ0) is 9.84. The van der Waals surface area contributed by atoms with Gasteiger partial charge in [-0.3, -0.25) is 0 Å². The van der Waals surface area contributed by atoms with Crippen molar-refractivity contribution in [3.63, 3.8) is 0 Å². The van der Waals surface area contributed by atoms with Crippen LogP contribution in [0.3, 0.4) is 0 Å². The van der Waals surface area contributed by atoms with Crippen LogP contribution in [0.2, 0.25) is 5.02 Å². The smallest absolute Gasteiger partial charge is 0.0961 e. The number of benzene rings is 1. The lowest BCUT2D eigenvalue weighted by Crippen LogP contribution is -2.11. The monoisotopic (exact) mass is 192 g/mol. The third kappa shape index (κ3) is 2.32. The minimum atomic E-state index is -0.428. The average Bonchev–Trinajstić information content (AvgIpc) is 2.17. The first-order valence-corrected chi connectivity index (χ1v) is 4.13. The van der Waals surface area contributed by atoms with E-state index >= 15 is 0 Å². The minimum absolute atomic E-state index is 0.349. The van der Waals surface area contributed by atoms with E-state index < -0.39 is 6.04 Å². The first-order valence-electron chi connectivity index (χ1n) is 3.75. The maximum absolute atomic E-state index is 8.57. The van der Waals surface area contributed by atoms with E-state index in [0.29, 0.717) is 10.6 Å². The van der Waals surface area contributed by atoms with E-state index in [0.717, 1.165) is 5.56 Å². The quantitative estimate of drug-likeness (QED) is 0.732. The Morgan fingerprint density at radius 2 is 2.00 bits per heavy atom. The number of halogens is 1. The predicted molar refractivity (Wildman–Crippen MR) is 53.1 cm³/mol. The van der Waals surface area contributed by atoms with Crippen LogP contribution in [0.25, 0.3) is 0 Å². The molecule has 2 N–H and O–H groups in total. The molecule has 1 aromatic carbocycles. The summed E-state index contributed by atoms with van der Waals surface area (Å²) in [6.07, 6.45) is 0. The standard InChI is InChI=1S/C10H9ClN2/c1-7(6-12)10(13)8-2-4-9(11)5-3-8/h2-5,10H,1,13H2. The molecule has 13 heavy (non-hydrogen) atoms. The molecule has 0 saturated heterocycles. The molecule has 0 amide bonds. The molecule has 1 unspecified atom stereocenters. The van der Waals surface area contributed by atoms with E-state index in [-0.39, 0.29) is 0 Å². The van der Waals surface area contributed by atoms with Crippen molar-refractivity contribution in [3.05, 3.63) is 47.0 Å². The Morgan fingerprint density at radius 3 is 2.46 bits per heavy atom. The first kappa shape index (κ1) is 9.79. The zero-order valence-corrected chi connectivity index (χ0v) is 7.75. The molecule has 66 valence electrons. The van der Waals surface area contributed by atoms with Gasteiger partial charge in [0.25, 0.3) is 0 Å². The Morgan fingerprint density at radius 1 is 1.46 bits per heavy atom. The van der Waals surface area contributed by atoms with Gasteiger partial charge in [-0.15, -0.1) is 0 Å². The number of nitrogens with zero attached hydrogens (tertiary/aromatic N) is 1. The van der Waals surface area contributed by atoms with Crippen LogP contribution in [0.1, 0.15) is 11.6 Å². The second-order valence-electron chi connectivity index (χ2n) is 2.67. The molecule has 3 heteroatoms. The lowest BCUT2D eigenvalue weighted by Gasteiger charge is -2.08. The topological polar surface area (TPSA) is 49.8 Å². The van der Waals surface area contributed by atoms with Crippen molar-refractivity contribution >= 4 is 11.6 Å². The summed E-state index contributed by atoms with van der Waals surface area (Å²) in [4.78, 5) is 0. The van der Waals surface area contributed by atoms with Crippen LogP contribution >= 0.6 is 11.6 Å². The highest BCUT2D eigenvalue weighted by Crippen LogP contribution is 2.19. The van der Waals surface area contributed by atoms with Crippen molar-refractivity contribution in [2.45, 2.75) is 6.04 Å². The van der Waals surface area contributed by atoms with Crippen LogP contribution in [0.15, 0.2) is 36.4 Å². The Hall–Kier alpha value is -1.30. The summed E-state index contributed by atoms with van der Waals surface area (Å²) in [5.41, 5.74) is 6.93. The van der Waals surface area contributed by atoms with Crippen LogP contribution in [0.5, 0.6) is 0 Å². The predicted octanol–water partition coefficient (Wildman–Crippen LogP) is 2.42. The van der Waals surface area contributed by atoms with Crippen molar-refractivity contribution < 1.29 is 0 Å². The molecule has 1 rings (SSSR count). The van der Waals surface area contributed by atoms with E-state index in [4.69, 9.17) is 22.6 Å². The summed E-state index contributed by atoms with van der Waals surface area (Å²) < 4.78 is 0. The number of nitriles is 1. The fraction of sp³-hybridized carbons (Fsp3) is 0.100. The molecule has 0 heterocycles. The summed E-state index contributed by atoms with van der Waals surface area (Å²) in [5.74, 6) is 0. The number of hydrogen-bond donors (Lipinski definition) is 1. The zero-order valence-electron chi connectivity index (χ0n) is 7.00. The van der Waals surface area contributed by atoms with Crippen molar-refractivity contribution in [1.29, 1.82) is 5.26 Å². The van der Waals surface area contributed by atoms with Crippen LogP contribution in [0.4, 0.5) is 0 Å². The van der Waals surface area contributed by atoms with Gasteiger partial charge >= 0.3 is 0 Å². The highest BCUT2D eigenvalue weighted by molar-refractivity contribution is 6.30. The molecule has 0 aliphatic heterocycles. The van der Waals surface area contributed by atoms with Crippen LogP contribution in [-0.2, 0) is 0 Å². The van der Waals surface area contributed by atoms with Crippen molar-refractivity contribution in [1.82, 2.24) is 0 Å². The summed E-state index contributed by atoms with van der Waals surface area (Å²) >= 11 is 5.70. The van der Waals surface area contributed by atoms with Gasteiger partial charge in [0.2, 0.25) is 0 Å². The first-order chi connectivity index (χ1) is 6.15. The van der Waals surface area contributed by atoms with Gasteiger partial charge in [0.1, 0.15) is 0 Å². The molecule has 0 aliphatic rings. The van der Waals surface area contributed by atoms with E-state index in [9.17, 15) is 0 Å². The van der Waals surface area contributed by atoms with Gasteiger partial charge in [-0.2, -0.15) is 5.26 Å². The highest BCUT2D eigenvalue weighted by Gasteiger charge is 2.08. The number of hydrogen-bond acceptors (Lipinski definition) is 2. The number of rotatable bonds is 2. The Labute approximate surface area is 82.2 Å². The molecule has 1 atom stereocenters. The Kier molecular flexibility index (Phi) is 3.07. The Bertz CT molecular complexity index is 348. The second-order valence-corrected chi connectivity index (χ2v) is 3.10. The largest absolute Gasteiger partial charge is 0.320 e. The molecule has 0 fully saturated rings. The van der Waals surface area contributed by atoms with Crippen molar-refractivity contribution in [2.24, 2.45) is 5.73 Å². The maximum atomic E-state index is 8.57.